The quantitative estimate of drug-likeness (QED) is 0.765. The van der Waals surface area contributed by atoms with Gasteiger partial charge in [-0.05, 0) is 57.0 Å². The fourth-order valence-corrected chi connectivity index (χ4v) is 2.94. The van der Waals surface area contributed by atoms with Gasteiger partial charge in [-0.15, -0.1) is 0 Å². The molecule has 2 rings (SSSR count). The van der Waals surface area contributed by atoms with Crippen molar-refractivity contribution in [2.24, 2.45) is 0 Å². The third-order valence-electron chi connectivity index (χ3n) is 3.76. The molecule has 0 aliphatic carbocycles. The van der Waals surface area contributed by atoms with Crippen LogP contribution in [-0.4, -0.2) is 38.3 Å². The van der Waals surface area contributed by atoms with Crippen molar-refractivity contribution in [3.05, 3.63) is 28.8 Å². The average molecular weight is 298 g/mol. The summed E-state index contributed by atoms with van der Waals surface area (Å²) in [7, 11) is 3.78. The molecule has 0 bridgehead atoms. The SMILES string of the molecule is COc1ccc(CN(C)CCC[C@H]2CCCO2)cc1Cl. The van der Waals surface area contributed by atoms with Crippen molar-refractivity contribution in [3.8, 4) is 5.75 Å². The van der Waals surface area contributed by atoms with Gasteiger partial charge in [-0.1, -0.05) is 17.7 Å². The van der Waals surface area contributed by atoms with Gasteiger partial charge in [-0.2, -0.15) is 0 Å². The number of hydrogen-bond donors (Lipinski definition) is 0. The van der Waals surface area contributed by atoms with E-state index in [1.165, 1.54) is 31.2 Å². The molecule has 0 saturated carbocycles. The largest absolute Gasteiger partial charge is 0.495 e. The van der Waals surface area contributed by atoms with Crippen molar-refractivity contribution >= 4 is 11.6 Å². The van der Waals surface area contributed by atoms with Crippen molar-refractivity contribution in [2.45, 2.75) is 38.3 Å². The maximum Gasteiger partial charge on any atom is 0.137 e. The molecule has 20 heavy (non-hydrogen) atoms. The summed E-state index contributed by atoms with van der Waals surface area (Å²) < 4.78 is 10.8. The van der Waals surface area contributed by atoms with Gasteiger partial charge in [0.2, 0.25) is 0 Å². The van der Waals surface area contributed by atoms with E-state index in [1.54, 1.807) is 7.11 Å². The Morgan fingerprint density at radius 1 is 1.45 bits per heavy atom. The van der Waals surface area contributed by atoms with Crippen LogP contribution in [0.1, 0.15) is 31.2 Å². The summed E-state index contributed by atoms with van der Waals surface area (Å²) in [5.74, 6) is 0.733. The highest BCUT2D eigenvalue weighted by molar-refractivity contribution is 6.32. The van der Waals surface area contributed by atoms with E-state index in [1.807, 2.05) is 12.1 Å². The Morgan fingerprint density at radius 2 is 2.30 bits per heavy atom. The zero-order valence-corrected chi connectivity index (χ0v) is 13.2. The number of ether oxygens (including phenoxy) is 2. The summed E-state index contributed by atoms with van der Waals surface area (Å²) in [5.41, 5.74) is 1.22. The van der Waals surface area contributed by atoms with E-state index in [0.29, 0.717) is 11.1 Å². The van der Waals surface area contributed by atoms with Crippen molar-refractivity contribution in [1.29, 1.82) is 0 Å². The monoisotopic (exact) mass is 297 g/mol. The predicted molar refractivity (Wildman–Crippen MR) is 82.5 cm³/mol. The molecular formula is C16H24ClNO2. The Morgan fingerprint density at radius 3 is 2.95 bits per heavy atom. The molecule has 1 fully saturated rings. The number of nitrogens with zero attached hydrogens (tertiary/aromatic N) is 1. The summed E-state index contributed by atoms with van der Waals surface area (Å²) in [6, 6.07) is 5.98. The third kappa shape index (κ3) is 4.65. The number of benzene rings is 1. The predicted octanol–water partition coefficient (Wildman–Crippen LogP) is 3.74. The third-order valence-corrected chi connectivity index (χ3v) is 4.05. The van der Waals surface area contributed by atoms with E-state index in [-0.39, 0.29) is 0 Å². The Balaban J connectivity index is 1.73. The number of hydrogen-bond acceptors (Lipinski definition) is 3. The Hall–Kier alpha value is -0.770. The van der Waals surface area contributed by atoms with Crippen LogP contribution in [0.5, 0.6) is 5.75 Å². The van der Waals surface area contributed by atoms with Gasteiger partial charge < -0.3 is 14.4 Å². The van der Waals surface area contributed by atoms with Gasteiger partial charge in [-0.3, -0.25) is 0 Å². The van der Waals surface area contributed by atoms with Crippen LogP contribution in [0.2, 0.25) is 5.02 Å². The van der Waals surface area contributed by atoms with Gasteiger partial charge in [0, 0.05) is 13.2 Å². The molecule has 0 radical (unpaired) electrons. The minimum Gasteiger partial charge on any atom is -0.495 e. The van der Waals surface area contributed by atoms with Gasteiger partial charge in [0.05, 0.1) is 18.2 Å². The van der Waals surface area contributed by atoms with Crippen LogP contribution in [-0.2, 0) is 11.3 Å². The molecule has 1 aromatic carbocycles. The molecular weight excluding hydrogens is 274 g/mol. The fraction of sp³-hybridized carbons (Fsp3) is 0.625. The summed E-state index contributed by atoms with van der Waals surface area (Å²) in [6.45, 7) is 2.95. The van der Waals surface area contributed by atoms with Gasteiger partial charge in [-0.25, -0.2) is 0 Å². The first-order valence-electron chi connectivity index (χ1n) is 7.31. The van der Waals surface area contributed by atoms with Crippen LogP contribution >= 0.6 is 11.6 Å². The summed E-state index contributed by atoms with van der Waals surface area (Å²) >= 11 is 6.14. The second-order valence-corrected chi connectivity index (χ2v) is 5.89. The van der Waals surface area contributed by atoms with Crippen LogP contribution in [0.4, 0.5) is 0 Å². The van der Waals surface area contributed by atoms with Gasteiger partial charge in [0.1, 0.15) is 5.75 Å². The number of methoxy groups -OCH3 is 1. The highest BCUT2D eigenvalue weighted by Gasteiger charge is 2.15. The fourth-order valence-electron chi connectivity index (χ4n) is 2.66. The van der Waals surface area contributed by atoms with Gasteiger partial charge in [0.25, 0.3) is 0 Å². The topological polar surface area (TPSA) is 21.7 Å². The van der Waals surface area contributed by atoms with Crippen molar-refractivity contribution in [2.75, 3.05) is 27.3 Å². The molecule has 1 heterocycles. The molecule has 4 heteroatoms. The standard InChI is InChI=1S/C16H24ClNO2/c1-18(9-3-5-14-6-4-10-20-14)12-13-7-8-16(19-2)15(17)11-13/h7-8,11,14H,3-6,9-10,12H2,1-2H3/t14-/m0/s1. The second kappa shape index (κ2) is 7.87. The zero-order valence-electron chi connectivity index (χ0n) is 12.4. The average Bonchev–Trinajstić information content (AvgIpc) is 2.92. The molecule has 1 aromatic rings. The molecule has 112 valence electrons. The molecule has 1 saturated heterocycles. The van der Waals surface area contributed by atoms with E-state index in [0.717, 1.165) is 25.4 Å². The molecule has 1 aliphatic heterocycles. The molecule has 1 aliphatic rings. The van der Waals surface area contributed by atoms with Crippen LogP contribution in [0.15, 0.2) is 18.2 Å². The van der Waals surface area contributed by atoms with Crippen LogP contribution in [0, 0.1) is 0 Å². The summed E-state index contributed by atoms with van der Waals surface area (Å²) in [4.78, 5) is 2.33. The molecule has 0 aromatic heterocycles. The van der Waals surface area contributed by atoms with Gasteiger partial charge in [0.15, 0.2) is 0 Å². The Kier molecular flexibility index (Phi) is 6.14. The van der Waals surface area contributed by atoms with E-state index in [4.69, 9.17) is 21.1 Å². The number of halogens is 1. The van der Waals surface area contributed by atoms with Crippen LogP contribution in [0.25, 0.3) is 0 Å². The molecule has 3 nitrogen and oxygen atoms in total. The Bertz CT molecular complexity index is 419. The van der Waals surface area contributed by atoms with E-state index < -0.39 is 0 Å². The molecule has 0 amide bonds. The highest BCUT2D eigenvalue weighted by atomic mass is 35.5. The normalized spacial score (nSPS) is 18.7. The lowest BCUT2D eigenvalue weighted by Gasteiger charge is -2.18. The van der Waals surface area contributed by atoms with E-state index in [2.05, 4.69) is 18.0 Å². The van der Waals surface area contributed by atoms with Crippen molar-refractivity contribution < 1.29 is 9.47 Å². The second-order valence-electron chi connectivity index (χ2n) is 5.48. The lowest BCUT2D eigenvalue weighted by atomic mass is 10.1. The smallest absolute Gasteiger partial charge is 0.137 e. The van der Waals surface area contributed by atoms with E-state index >= 15 is 0 Å². The van der Waals surface area contributed by atoms with Crippen molar-refractivity contribution in [1.82, 2.24) is 4.90 Å². The Labute approximate surface area is 126 Å². The summed E-state index contributed by atoms with van der Waals surface area (Å²) in [6.07, 6.45) is 5.32. The summed E-state index contributed by atoms with van der Waals surface area (Å²) in [5, 5.41) is 0.678. The molecule has 0 spiro atoms. The van der Waals surface area contributed by atoms with Crippen LogP contribution in [0.3, 0.4) is 0 Å². The first-order chi connectivity index (χ1) is 9.69. The minimum absolute atomic E-state index is 0.499. The maximum atomic E-state index is 6.14. The lowest BCUT2D eigenvalue weighted by Crippen LogP contribution is -2.20. The first-order valence-corrected chi connectivity index (χ1v) is 7.69. The highest BCUT2D eigenvalue weighted by Crippen LogP contribution is 2.25. The first kappa shape index (κ1) is 15.6. The van der Waals surface area contributed by atoms with Crippen LogP contribution < -0.4 is 4.74 Å². The van der Waals surface area contributed by atoms with Gasteiger partial charge >= 0.3 is 0 Å². The number of rotatable bonds is 7. The molecule has 0 N–H and O–H groups in total. The maximum absolute atomic E-state index is 6.14. The van der Waals surface area contributed by atoms with Crippen molar-refractivity contribution in [3.63, 3.8) is 0 Å². The lowest BCUT2D eigenvalue weighted by molar-refractivity contribution is 0.0995. The zero-order chi connectivity index (χ0) is 14.4. The minimum atomic E-state index is 0.499. The molecule has 1 atom stereocenters. The van der Waals surface area contributed by atoms with E-state index in [9.17, 15) is 0 Å². The molecule has 0 unspecified atom stereocenters.